The Bertz CT molecular complexity index is 447. The number of hydrogen-bond donors (Lipinski definition) is 3. The van der Waals surface area contributed by atoms with Crippen LogP contribution in [0.4, 0.5) is 5.69 Å². The van der Waals surface area contributed by atoms with Crippen LogP contribution in [-0.2, 0) is 4.74 Å². The maximum Gasteiger partial charge on any atom is 0.248 e. The third kappa shape index (κ3) is 4.48. The molecule has 0 radical (unpaired) electrons. The van der Waals surface area contributed by atoms with E-state index in [1.807, 2.05) is 6.07 Å². The first-order chi connectivity index (χ1) is 9.65. The van der Waals surface area contributed by atoms with Gasteiger partial charge in [-0.05, 0) is 18.2 Å². The molecule has 0 aliphatic carbocycles. The Morgan fingerprint density at radius 3 is 2.90 bits per heavy atom. The number of benzene rings is 1. The zero-order valence-corrected chi connectivity index (χ0v) is 11.4. The lowest BCUT2D eigenvalue weighted by Crippen LogP contribution is -2.42. The molecule has 110 valence electrons. The summed E-state index contributed by atoms with van der Waals surface area (Å²) in [5.41, 5.74) is 6.46. The number of amides is 1. The lowest BCUT2D eigenvalue weighted by molar-refractivity contribution is 0.0171. The molecule has 1 aliphatic rings. The highest BCUT2D eigenvalue weighted by Crippen LogP contribution is 2.10. The first-order valence-electron chi connectivity index (χ1n) is 6.77. The molecule has 2 rings (SSSR count). The summed E-state index contributed by atoms with van der Waals surface area (Å²) in [6.45, 7) is 4.20. The van der Waals surface area contributed by atoms with Crippen molar-refractivity contribution in [2.45, 2.75) is 6.10 Å². The molecule has 0 saturated carbocycles. The van der Waals surface area contributed by atoms with Crippen LogP contribution in [0.25, 0.3) is 0 Å². The molecule has 1 heterocycles. The summed E-state index contributed by atoms with van der Waals surface area (Å²) in [6, 6.07) is 6.95. The van der Waals surface area contributed by atoms with Crippen molar-refractivity contribution in [3.05, 3.63) is 29.8 Å². The number of β-amino-alcohol motifs (C(OH)–C–C–N with tert-alkyl or cyclic N) is 1. The van der Waals surface area contributed by atoms with E-state index in [0.29, 0.717) is 18.7 Å². The Kier molecular flexibility index (Phi) is 5.34. The molecule has 0 aromatic heterocycles. The number of nitrogens with one attached hydrogen (secondary N) is 1. The second-order valence-electron chi connectivity index (χ2n) is 4.89. The largest absolute Gasteiger partial charge is 0.390 e. The van der Waals surface area contributed by atoms with Gasteiger partial charge < -0.3 is 20.9 Å². The first kappa shape index (κ1) is 14.8. The topological polar surface area (TPSA) is 87.8 Å². The van der Waals surface area contributed by atoms with Crippen LogP contribution in [0.5, 0.6) is 0 Å². The van der Waals surface area contributed by atoms with E-state index >= 15 is 0 Å². The summed E-state index contributed by atoms with van der Waals surface area (Å²) in [6.07, 6.45) is -0.467. The summed E-state index contributed by atoms with van der Waals surface area (Å²) >= 11 is 0. The van der Waals surface area contributed by atoms with E-state index in [0.717, 1.165) is 32.0 Å². The van der Waals surface area contributed by atoms with Crippen molar-refractivity contribution in [1.29, 1.82) is 0 Å². The van der Waals surface area contributed by atoms with Gasteiger partial charge in [0.25, 0.3) is 0 Å². The van der Waals surface area contributed by atoms with Crippen LogP contribution in [0.2, 0.25) is 0 Å². The summed E-state index contributed by atoms with van der Waals surface area (Å²) in [5.74, 6) is -0.456. The maximum atomic E-state index is 11.1. The van der Waals surface area contributed by atoms with Gasteiger partial charge >= 0.3 is 0 Å². The van der Waals surface area contributed by atoms with Crippen LogP contribution in [0.1, 0.15) is 10.4 Å². The number of aliphatic hydroxyl groups excluding tert-OH is 1. The average Bonchev–Trinajstić information content (AvgIpc) is 2.46. The third-order valence-electron chi connectivity index (χ3n) is 3.26. The zero-order chi connectivity index (χ0) is 14.4. The molecule has 1 fully saturated rings. The fraction of sp³-hybridized carbons (Fsp3) is 0.500. The predicted molar refractivity (Wildman–Crippen MR) is 76.7 cm³/mol. The summed E-state index contributed by atoms with van der Waals surface area (Å²) in [5, 5.41) is 13.1. The Morgan fingerprint density at radius 1 is 1.45 bits per heavy atom. The van der Waals surface area contributed by atoms with Crippen LogP contribution in [-0.4, -0.2) is 61.4 Å². The number of carbonyl (C=O) groups excluding carboxylic acids is 1. The molecule has 1 aliphatic heterocycles. The number of nitrogens with zero attached hydrogens (tertiary/aromatic N) is 1. The van der Waals surface area contributed by atoms with E-state index < -0.39 is 12.0 Å². The molecule has 4 N–H and O–H groups in total. The van der Waals surface area contributed by atoms with Crippen LogP contribution >= 0.6 is 0 Å². The number of hydrogen-bond acceptors (Lipinski definition) is 5. The van der Waals surface area contributed by atoms with Gasteiger partial charge in [-0.1, -0.05) is 6.07 Å². The lowest BCUT2D eigenvalue weighted by Gasteiger charge is -2.28. The highest BCUT2D eigenvalue weighted by Gasteiger charge is 2.14. The molecule has 0 spiro atoms. The van der Waals surface area contributed by atoms with E-state index in [9.17, 15) is 9.90 Å². The monoisotopic (exact) mass is 279 g/mol. The van der Waals surface area contributed by atoms with Gasteiger partial charge in [-0.15, -0.1) is 0 Å². The van der Waals surface area contributed by atoms with Gasteiger partial charge in [0, 0.05) is 37.4 Å². The molecule has 1 aromatic carbocycles. The second kappa shape index (κ2) is 7.23. The minimum Gasteiger partial charge on any atom is -0.390 e. The standard InChI is InChI=1S/C14H21N3O3/c15-14(19)11-2-1-3-12(8-11)16-9-13(18)10-17-4-6-20-7-5-17/h1-3,8,13,16,18H,4-7,9-10H2,(H2,15,19). The van der Waals surface area contributed by atoms with Gasteiger partial charge in [-0.25, -0.2) is 0 Å². The van der Waals surface area contributed by atoms with E-state index in [2.05, 4.69) is 10.2 Å². The molecule has 1 saturated heterocycles. The van der Waals surface area contributed by atoms with Gasteiger partial charge in [-0.3, -0.25) is 9.69 Å². The van der Waals surface area contributed by atoms with Crippen LogP contribution in [0.15, 0.2) is 24.3 Å². The first-order valence-corrected chi connectivity index (χ1v) is 6.77. The van der Waals surface area contributed by atoms with Gasteiger partial charge in [0.15, 0.2) is 0 Å². The maximum absolute atomic E-state index is 11.1. The van der Waals surface area contributed by atoms with Crippen LogP contribution < -0.4 is 11.1 Å². The van der Waals surface area contributed by atoms with E-state index in [-0.39, 0.29) is 0 Å². The minimum absolute atomic E-state index is 0.430. The Balaban J connectivity index is 1.78. The van der Waals surface area contributed by atoms with Crippen molar-refractivity contribution in [2.75, 3.05) is 44.7 Å². The smallest absolute Gasteiger partial charge is 0.248 e. The molecule has 6 heteroatoms. The molecule has 1 unspecified atom stereocenters. The highest BCUT2D eigenvalue weighted by atomic mass is 16.5. The lowest BCUT2D eigenvalue weighted by atomic mass is 10.2. The van der Waals surface area contributed by atoms with Crippen LogP contribution in [0, 0.1) is 0 Å². The number of aliphatic hydroxyl groups is 1. The van der Waals surface area contributed by atoms with Gasteiger partial charge in [0.2, 0.25) is 5.91 Å². The number of anilines is 1. The van der Waals surface area contributed by atoms with Gasteiger partial charge in [0.1, 0.15) is 0 Å². The molecule has 1 amide bonds. The molecule has 1 atom stereocenters. The minimum atomic E-state index is -0.467. The average molecular weight is 279 g/mol. The van der Waals surface area contributed by atoms with Crippen molar-refractivity contribution in [1.82, 2.24) is 4.90 Å². The number of rotatable bonds is 6. The van der Waals surface area contributed by atoms with Crippen molar-refractivity contribution in [3.63, 3.8) is 0 Å². The number of ether oxygens (including phenoxy) is 1. The summed E-state index contributed by atoms with van der Waals surface area (Å²) < 4.78 is 5.26. The summed E-state index contributed by atoms with van der Waals surface area (Å²) in [4.78, 5) is 13.3. The van der Waals surface area contributed by atoms with Crippen molar-refractivity contribution < 1.29 is 14.6 Å². The molecular formula is C14H21N3O3. The number of carbonyl (C=O) groups is 1. The Hall–Kier alpha value is -1.63. The van der Waals surface area contributed by atoms with Crippen molar-refractivity contribution in [3.8, 4) is 0 Å². The van der Waals surface area contributed by atoms with Crippen molar-refractivity contribution >= 4 is 11.6 Å². The predicted octanol–water partition coefficient (Wildman–Crippen LogP) is -0.110. The van der Waals surface area contributed by atoms with E-state index in [1.165, 1.54) is 0 Å². The van der Waals surface area contributed by atoms with E-state index in [4.69, 9.17) is 10.5 Å². The number of morpholine rings is 1. The second-order valence-corrected chi connectivity index (χ2v) is 4.89. The molecule has 20 heavy (non-hydrogen) atoms. The zero-order valence-electron chi connectivity index (χ0n) is 11.4. The normalized spacial score (nSPS) is 17.6. The van der Waals surface area contributed by atoms with Crippen molar-refractivity contribution in [2.24, 2.45) is 5.73 Å². The quantitative estimate of drug-likeness (QED) is 0.676. The molecule has 1 aromatic rings. The highest BCUT2D eigenvalue weighted by molar-refractivity contribution is 5.93. The molecular weight excluding hydrogens is 258 g/mol. The third-order valence-corrected chi connectivity index (χ3v) is 3.26. The van der Waals surface area contributed by atoms with E-state index in [1.54, 1.807) is 18.2 Å². The van der Waals surface area contributed by atoms with Gasteiger partial charge in [0.05, 0.1) is 19.3 Å². The molecule has 6 nitrogen and oxygen atoms in total. The Morgan fingerprint density at radius 2 is 2.20 bits per heavy atom. The number of nitrogens with two attached hydrogens (primary N) is 1. The fourth-order valence-electron chi connectivity index (χ4n) is 2.16. The SMILES string of the molecule is NC(=O)c1cccc(NCC(O)CN2CCOCC2)c1. The molecule has 0 bridgehead atoms. The van der Waals surface area contributed by atoms with Crippen LogP contribution in [0.3, 0.4) is 0 Å². The summed E-state index contributed by atoms with van der Waals surface area (Å²) in [7, 11) is 0. The fourth-order valence-corrected chi connectivity index (χ4v) is 2.16. The Labute approximate surface area is 118 Å². The van der Waals surface area contributed by atoms with Gasteiger partial charge in [-0.2, -0.15) is 0 Å². The number of primary amides is 1.